The van der Waals surface area contributed by atoms with Crippen LogP contribution < -0.4 is 4.74 Å². The predicted octanol–water partition coefficient (Wildman–Crippen LogP) is 5.03. The van der Waals surface area contributed by atoms with Crippen LogP contribution in [-0.4, -0.2) is 65.1 Å². The molecular formula is C36H42N2O4. The largest absolute Gasteiger partial charge is 0.487 e. The number of rotatable bonds is 6. The normalized spacial score (nSPS) is 30.5. The quantitative estimate of drug-likeness (QED) is 0.363. The monoisotopic (exact) mass is 566 g/mol. The van der Waals surface area contributed by atoms with Gasteiger partial charge in [-0.05, 0) is 93.2 Å². The van der Waals surface area contributed by atoms with E-state index in [1.54, 1.807) is 6.92 Å². The van der Waals surface area contributed by atoms with Crippen molar-refractivity contribution >= 4 is 11.9 Å². The minimum atomic E-state index is -0.674. The average Bonchev–Trinajstić information content (AvgIpc) is 3.69. The zero-order valence-corrected chi connectivity index (χ0v) is 25.3. The third kappa shape index (κ3) is 4.27. The molecule has 7 rings (SSSR count). The van der Waals surface area contributed by atoms with E-state index in [4.69, 9.17) is 9.47 Å². The molecule has 0 radical (unpaired) electrons. The summed E-state index contributed by atoms with van der Waals surface area (Å²) in [5, 5.41) is 0. The molecule has 1 amide bonds. The van der Waals surface area contributed by atoms with Gasteiger partial charge in [0.2, 0.25) is 0 Å². The highest BCUT2D eigenvalue weighted by Crippen LogP contribution is 2.66. The number of likely N-dealkylation sites (tertiary alicyclic amines) is 1. The summed E-state index contributed by atoms with van der Waals surface area (Å²) in [4.78, 5) is 31.5. The van der Waals surface area contributed by atoms with Crippen LogP contribution in [0.25, 0.3) is 0 Å². The summed E-state index contributed by atoms with van der Waals surface area (Å²) in [6.45, 7) is 10.5. The van der Waals surface area contributed by atoms with Gasteiger partial charge in [-0.25, -0.2) is 0 Å². The Morgan fingerprint density at radius 1 is 1.14 bits per heavy atom. The van der Waals surface area contributed by atoms with Gasteiger partial charge in [-0.1, -0.05) is 44.0 Å². The molecule has 3 aliphatic carbocycles. The van der Waals surface area contributed by atoms with Crippen molar-refractivity contribution in [1.29, 1.82) is 0 Å². The molecule has 0 unspecified atom stereocenters. The first-order valence-corrected chi connectivity index (χ1v) is 15.8. The molecule has 2 aromatic rings. The summed E-state index contributed by atoms with van der Waals surface area (Å²) >= 11 is 0. The van der Waals surface area contributed by atoms with E-state index in [0.717, 1.165) is 48.7 Å². The zero-order valence-electron chi connectivity index (χ0n) is 25.3. The molecule has 220 valence electrons. The van der Waals surface area contributed by atoms with E-state index >= 15 is 0 Å². The summed E-state index contributed by atoms with van der Waals surface area (Å²) in [6.07, 6.45) is 5.43. The number of esters is 1. The fourth-order valence-electron chi connectivity index (χ4n) is 8.86. The van der Waals surface area contributed by atoms with E-state index in [1.807, 2.05) is 36.1 Å². The zero-order chi connectivity index (χ0) is 29.2. The van der Waals surface area contributed by atoms with E-state index in [1.165, 1.54) is 24.0 Å². The molecule has 3 fully saturated rings. The molecule has 2 saturated carbocycles. The van der Waals surface area contributed by atoms with E-state index in [2.05, 4.69) is 48.8 Å². The van der Waals surface area contributed by atoms with Gasteiger partial charge in [-0.3, -0.25) is 14.5 Å². The van der Waals surface area contributed by atoms with Crippen molar-refractivity contribution in [3.63, 3.8) is 0 Å². The lowest BCUT2D eigenvalue weighted by Crippen LogP contribution is -2.79. The second kappa shape index (κ2) is 10.2. The lowest BCUT2D eigenvalue weighted by atomic mass is 9.48. The van der Waals surface area contributed by atoms with Crippen LogP contribution in [0.5, 0.6) is 5.75 Å². The van der Waals surface area contributed by atoms with Gasteiger partial charge in [-0.2, -0.15) is 0 Å². The molecule has 6 heteroatoms. The molecule has 6 nitrogen and oxygen atoms in total. The summed E-state index contributed by atoms with van der Waals surface area (Å²) < 4.78 is 13.6. The average molecular weight is 567 g/mol. The highest BCUT2D eigenvalue weighted by Gasteiger charge is 2.75. The molecule has 2 bridgehead atoms. The van der Waals surface area contributed by atoms with Gasteiger partial charge in [0.1, 0.15) is 17.5 Å². The van der Waals surface area contributed by atoms with Crippen molar-refractivity contribution in [3.05, 3.63) is 64.7 Å². The number of aryl methyl sites for hydroxylation is 1. The fraction of sp³-hybridized carbons (Fsp3) is 0.556. The molecule has 2 heterocycles. The fourth-order valence-corrected chi connectivity index (χ4v) is 8.86. The number of amides is 1. The van der Waals surface area contributed by atoms with Gasteiger partial charge in [0, 0.05) is 37.1 Å². The van der Waals surface area contributed by atoms with Crippen molar-refractivity contribution in [3.8, 4) is 17.6 Å². The standard InChI is InChI=1S/C36H42N2O4/c1-23(2)21-38(32(40)14-13-26-8-5-7-24(3)19-26)29-15-16-36(42-25(4)39)31-20-28-9-6-10-30-33(28)35(36,34(29)41-30)17-18-37(31)22-27-11-12-27/h5-10,19,23,27,29,31,34H,11-12,15-18,20-22H2,1-4H3/t29-,31+,34-,35-,36+/m0/s1. The second-order valence-electron chi connectivity index (χ2n) is 13.8. The van der Waals surface area contributed by atoms with Crippen LogP contribution in [0.1, 0.15) is 75.1 Å². The summed E-state index contributed by atoms with van der Waals surface area (Å²) in [5.74, 6) is 7.65. The molecule has 0 aromatic heterocycles. The summed E-state index contributed by atoms with van der Waals surface area (Å²) in [6, 6.07) is 14.3. The number of piperidine rings is 1. The number of carbonyl (C=O) groups excluding carboxylic acids is 2. The Morgan fingerprint density at radius 2 is 1.95 bits per heavy atom. The Balaban J connectivity index is 1.32. The van der Waals surface area contributed by atoms with E-state index < -0.39 is 11.0 Å². The van der Waals surface area contributed by atoms with Gasteiger partial charge < -0.3 is 14.4 Å². The molecule has 0 N–H and O–H groups in total. The third-order valence-corrected chi connectivity index (χ3v) is 10.5. The Kier molecular flexibility index (Phi) is 6.66. The topological polar surface area (TPSA) is 59.1 Å². The predicted molar refractivity (Wildman–Crippen MR) is 161 cm³/mol. The molecule has 1 saturated heterocycles. The molecule has 2 aliphatic heterocycles. The van der Waals surface area contributed by atoms with Gasteiger partial charge in [-0.15, -0.1) is 0 Å². The molecule has 42 heavy (non-hydrogen) atoms. The smallest absolute Gasteiger partial charge is 0.303 e. The molecule has 1 spiro atoms. The second-order valence-corrected chi connectivity index (χ2v) is 13.8. The molecule has 2 aromatic carbocycles. The van der Waals surface area contributed by atoms with Gasteiger partial charge in [0.15, 0.2) is 0 Å². The van der Waals surface area contributed by atoms with Crippen LogP contribution in [-0.2, 0) is 26.2 Å². The van der Waals surface area contributed by atoms with Gasteiger partial charge in [0.25, 0.3) is 5.91 Å². The van der Waals surface area contributed by atoms with Crippen LogP contribution in [0.2, 0.25) is 0 Å². The van der Waals surface area contributed by atoms with Crippen LogP contribution in [0.4, 0.5) is 0 Å². The third-order valence-electron chi connectivity index (χ3n) is 10.5. The van der Waals surface area contributed by atoms with Crippen LogP contribution in [0, 0.1) is 30.6 Å². The Morgan fingerprint density at radius 3 is 2.69 bits per heavy atom. The number of hydrogen-bond donors (Lipinski definition) is 0. The number of carbonyl (C=O) groups is 2. The van der Waals surface area contributed by atoms with Gasteiger partial charge >= 0.3 is 5.97 Å². The van der Waals surface area contributed by atoms with Gasteiger partial charge in [0.05, 0.1) is 17.5 Å². The Hall–Kier alpha value is -3.30. The lowest BCUT2D eigenvalue weighted by molar-refractivity contribution is -0.224. The van der Waals surface area contributed by atoms with Crippen molar-refractivity contribution in [2.24, 2.45) is 11.8 Å². The first kappa shape index (κ1) is 27.5. The Bertz CT molecular complexity index is 1480. The van der Waals surface area contributed by atoms with Crippen molar-refractivity contribution in [1.82, 2.24) is 9.80 Å². The molecule has 5 atom stereocenters. The minimum absolute atomic E-state index is 0.110. The number of ether oxygens (including phenoxy) is 2. The van der Waals surface area contributed by atoms with Crippen LogP contribution in [0.3, 0.4) is 0 Å². The number of nitrogens with zero attached hydrogens (tertiary/aromatic N) is 2. The highest BCUT2D eigenvalue weighted by molar-refractivity contribution is 5.94. The van der Waals surface area contributed by atoms with Crippen LogP contribution >= 0.6 is 0 Å². The number of benzene rings is 2. The first-order chi connectivity index (χ1) is 20.2. The SMILES string of the molecule is CC(=O)O[C@@]12CC[C@H](N(CC(C)C)C(=O)C#Cc3cccc(C)c3)[C@@H]3Oc4cccc5c4[C@@]31CCN(CC1CC1)[C@@H]2C5. The maximum atomic E-state index is 14.0. The van der Waals surface area contributed by atoms with E-state index in [-0.39, 0.29) is 36.0 Å². The maximum Gasteiger partial charge on any atom is 0.303 e. The minimum Gasteiger partial charge on any atom is -0.487 e. The lowest BCUT2D eigenvalue weighted by Gasteiger charge is -2.65. The van der Waals surface area contributed by atoms with E-state index in [0.29, 0.717) is 19.4 Å². The first-order valence-electron chi connectivity index (χ1n) is 15.8. The van der Waals surface area contributed by atoms with Crippen molar-refractivity contribution < 1.29 is 19.1 Å². The van der Waals surface area contributed by atoms with Crippen molar-refractivity contribution in [2.45, 2.75) is 95.4 Å². The summed E-state index contributed by atoms with van der Waals surface area (Å²) in [7, 11) is 0. The van der Waals surface area contributed by atoms with Crippen molar-refractivity contribution in [2.75, 3.05) is 19.6 Å². The Labute approximate surface area is 249 Å². The highest BCUT2D eigenvalue weighted by atomic mass is 16.6. The maximum absolute atomic E-state index is 14.0. The van der Waals surface area contributed by atoms with E-state index in [9.17, 15) is 9.59 Å². The molecule has 5 aliphatic rings. The number of hydrogen-bond acceptors (Lipinski definition) is 5. The van der Waals surface area contributed by atoms with Crippen LogP contribution in [0.15, 0.2) is 42.5 Å². The molecular weight excluding hydrogens is 524 g/mol. The summed E-state index contributed by atoms with van der Waals surface area (Å²) in [5.41, 5.74) is 3.34.